The molecule has 0 bridgehead atoms. The minimum atomic E-state index is 0.504. The topological polar surface area (TPSA) is 32.3 Å². The Balaban J connectivity index is 2.30. The summed E-state index contributed by atoms with van der Waals surface area (Å²) in [6.45, 7) is 7.10. The third kappa shape index (κ3) is 2.81. The highest BCUT2D eigenvalue weighted by atomic mass is 16.1. The first-order chi connectivity index (χ1) is 5.72. The molecule has 0 saturated carbocycles. The van der Waals surface area contributed by atoms with Crippen molar-refractivity contribution in [2.45, 2.75) is 26.3 Å². The fourth-order valence-corrected chi connectivity index (χ4v) is 1.67. The van der Waals surface area contributed by atoms with E-state index in [9.17, 15) is 4.79 Å². The van der Waals surface area contributed by atoms with E-state index in [1.807, 2.05) is 4.90 Å². The summed E-state index contributed by atoms with van der Waals surface area (Å²) < 4.78 is 0. The van der Waals surface area contributed by atoms with Crippen molar-refractivity contribution in [3.05, 3.63) is 0 Å². The van der Waals surface area contributed by atoms with Crippen LogP contribution in [-0.4, -0.2) is 37.0 Å². The van der Waals surface area contributed by atoms with Gasteiger partial charge in [0.1, 0.15) is 0 Å². The van der Waals surface area contributed by atoms with Crippen molar-refractivity contribution < 1.29 is 4.79 Å². The molecule has 1 N–H and O–H groups in total. The Morgan fingerprint density at radius 2 is 2.42 bits per heavy atom. The number of nitrogens with one attached hydrogen (secondary N) is 1. The van der Waals surface area contributed by atoms with E-state index in [1.165, 1.54) is 0 Å². The van der Waals surface area contributed by atoms with Crippen LogP contribution < -0.4 is 5.32 Å². The molecule has 1 saturated heterocycles. The lowest BCUT2D eigenvalue weighted by Gasteiger charge is -2.31. The van der Waals surface area contributed by atoms with Gasteiger partial charge >= 0.3 is 0 Å². The van der Waals surface area contributed by atoms with Crippen molar-refractivity contribution in [2.24, 2.45) is 5.92 Å². The van der Waals surface area contributed by atoms with Gasteiger partial charge in [-0.15, -0.1) is 0 Å². The van der Waals surface area contributed by atoms with Crippen LogP contribution >= 0.6 is 0 Å². The second-order valence-corrected chi connectivity index (χ2v) is 3.88. The first-order valence-corrected chi connectivity index (χ1v) is 4.65. The number of hydrogen-bond acceptors (Lipinski definition) is 2. The molecule has 3 nitrogen and oxygen atoms in total. The quantitative estimate of drug-likeness (QED) is 0.624. The molecule has 1 fully saturated rings. The highest BCUT2D eigenvalue weighted by molar-refractivity contribution is 5.47. The lowest BCUT2D eigenvalue weighted by molar-refractivity contribution is -0.119. The van der Waals surface area contributed by atoms with Crippen LogP contribution in [0.1, 0.15) is 20.3 Å². The second kappa shape index (κ2) is 4.45. The molecule has 0 radical (unpaired) electrons. The first kappa shape index (κ1) is 9.52. The van der Waals surface area contributed by atoms with Gasteiger partial charge in [0.2, 0.25) is 6.41 Å². The average Bonchev–Trinajstić information content (AvgIpc) is 2.03. The smallest absolute Gasteiger partial charge is 0.209 e. The van der Waals surface area contributed by atoms with Crippen LogP contribution in [0.4, 0.5) is 0 Å². The zero-order chi connectivity index (χ0) is 8.97. The summed E-state index contributed by atoms with van der Waals surface area (Å²) in [5.41, 5.74) is 0. The Hall–Kier alpha value is -0.570. The number of hydrogen-bond donors (Lipinski definition) is 1. The molecule has 0 aliphatic carbocycles. The van der Waals surface area contributed by atoms with Crippen molar-refractivity contribution in [1.82, 2.24) is 10.2 Å². The summed E-state index contributed by atoms with van der Waals surface area (Å²) in [7, 11) is 0. The van der Waals surface area contributed by atoms with Crippen LogP contribution in [0.15, 0.2) is 0 Å². The Morgan fingerprint density at radius 1 is 1.67 bits per heavy atom. The summed E-state index contributed by atoms with van der Waals surface area (Å²) >= 11 is 0. The molecule has 12 heavy (non-hydrogen) atoms. The zero-order valence-electron chi connectivity index (χ0n) is 7.92. The van der Waals surface area contributed by atoms with Gasteiger partial charge in [0.15, 0.2) is 0 Å². The van der Waals surface area contributed by atoms with E-state index in [0.29, 0.717) is 12.0 Å². The minimum Gasteiger partial charge on any atom is -0.342 e. The Morgan fingerprint density at radius 3 is 3.00 bits per heavy atom. The second-order valence-electron chi connectivity index (χ2n) is 3.88. The van der Waals surface area contributed by atoms with Crippen molar-refractivity contribution in [2.75, 3.05) is 19.6 Å². The number of rotatable bonds is 3. The number of nitrogens with zero attached hydrogens (tertiary/aromatic N) is 1. The normalized spacial score (nSPS) is 24.6. The summed E-state index contributed by atoms with van der Waals surface area (Å²) in [5.74, 6) is 0.703. The van der Waals surface area contributed by atoms with Gasteiger partial charge in [-0.1, -0.05) is 13.8 Å². The maximum atomic E-state index is 10.5. The summed E-state index contributed by atoms with van der Waals surface area (Å²) in [4.78, 5) is 12.3. The molecule has 0 unspecified atom stereocenters. The molecular formula is C9H18N2O. The van der Waals surface area contributed by atoms with Crippen LogP contribution in [0.5, 0.6) is 0 Å². The Kier molecular flexibility index (Phi) is 3.53. The van der Waals surface area contributed by atoms with E-state index in [-0.39, 0.29) is 0 Å². The largest absolute Gasteiger partial charge is 0.342 e. The minimum absolute atomic E-state index is 0.504. The molecule has 1 aliphatic rings. The predicted octanol–water partition coefficient (Wildman–Crippen LogP) is 0.463. The van der Waals surface area contributed by atoms with Crippen LogP contribution in [0.3, 0.4) is 0 Å². The molecule has 1 amide bonds. The lowest BCUT2D eigenvalue weighted by atomic mass is 10.0. The molecule has 1 atom stereocenters. The first-order valence-electron chi connectivity index (χ1n) is 4.65. The van der Waals surface area contributed by atoms with Crippen LogP contribution in [0.25, 0.3) is 0 Å². The molecule has 0 aromatic rings. The molecule has 3 heteroatoms. The summed E-state index contributed by atoms with van der Waals surface area (Å²) in [5, 5.41) is 3.41. The Bertz CT molecular complexity index is 147. The van der Waals surface area contributed by atoms with E-state index in [1.54, 1.807) is 0 Å². The van der Waals surface area contributed by atoms with E-state index in [0.717, 1.165) is 32.5 Å². The summed E-state index contributed by atoms with van der Waals surface area (Å²) in [6.07, 6.45) is 2.11. The fraction of sp³-hybridized carbons (Fsp3) is 0.889. The number of carbonyl (C=O) groups is 1. The van der Waals surface area contributed by atoms with Gasteiger partial charge < -0.3 is 10.2 Å². The third-order valence-corrected chi connectivity index (χ3v) is 2.19. The number of amides is 1. The van der Waals surface area contributed by atoms with E-state index in [2.05, 4.69) is 19.2 Å². The van der Waals surface area contributed by atoms with Gasteiger partial charge in [0.05, 0.1) is 0 Å². The molecule has 0 spiro atoms. The van der Waals surface area contributed by atoms with Gasteiger partial charge in [-0.2, -0.15) is 0 Å². The van der Waals surface area contributed by atoms with Crippen molar-refractivity contribution in [3.63, 3.8) is 0 Å². The van der Waals surface area contributed by atoms with E-state index >= 15 is 0 Å². The predicted molar refractivity (Wildman–Crippen MR) is 48.9 cm³/mol. The molecular weight excluding hydrogens is 152 g/mol. The monoisotopic (exact) mass is 170 g/mol. The van der Waals surface area contributed by atoms with Gasteiger partial charge in [-0.3, -0.25) is 4.79 Å². The average molecular weight is 170 g/mol. The van der Waals surface area contributed by atoms with E-state index < -0.39 is 0 Å². The standard InChI is InChI=1S/C9H18N2O/c1-8(2)5-9-6-11(7-12)4-3-10-9/h7-10H,3-6H2,1-2H3/t9-/m0/s1. The molecule has 1 rings (SSSR count). The SMILES string of the molecule is CC(C)C[C@H]1CN(C=O)CCN1. The van der Waals surface area contributed by atoms with Crippen molar-refractivity contribution in [1.29, 1.82) is 0 Å². The lowest BCUT2D eigenvalue weighted by Crippen LogP contribution is -2.50. The molecule has 70 valence electrons. The van der Waals surface area contributed by atoms with Gasteiger partial charge in [0, 0.05) is 25.7 Å². The summed E-state index contributed by atoms with van der Waals surface area (Å²) in [6, 6.07) is 0.504. The third-order valence-electron chi connectivity index (χ3n) is 2.19. The fourth-order valence-electron chi connectivity index (χ4n) is 1.67. The molecule has 1 aliphatic heterocycles. The molecule has 0 aromatic heterocycles. The van der Waals surface area contributed by atoms with Gasteiger partial charge in [-0.25, -0.2) is 0 Å². The van der Waals surface area contributed by atoms with E-state index in [4.69, 9.17) is 0 Å². The maximum Gasteiger partial charge on any atom is 0.209 e. The highest BCUT2D eigenvalue weighted by Gasteiger charge is 2.18. The Labute approximate surface area is 74.1 Å². The van der Waals surface area contributed by atoms with Crippen LogP contribution in [0, 0.1) is 5.92 Å². The van der Waals surface area contributed by atoms with Crippen molar-refractivity contribution in [3.8, 4) is 0 Å². The molecule has 0 aromatic carbocycles. The van der Waals surface area contributed by atoms with Gasteiger partial charge in [-0.05, 0) is 12.3 Å². The highest BCUT2D eigenvalue weighted by Crippen LogP contribution is 2.07. The van der Waals surface area contributed by atoms with Crippen LogP contribution in [0.2, 0.25) is 0 Å². The number of piperazine rings is 1. The van der Waals surface area contributed by atoms with Crippen LogP contribution in [-0.2, 0) is 4.79 Å². The molecule has 1 heterocycles. The van der Waals surface area contributed by atoms with Gasteiger partial charge in [0.25, 0.3) is 0 Å². The van der Waals surface area contributed by atoms with Crippen molar-refractivity contribution >= 4 is 6.41 Å². The maximum absolute atomic E-state index is 10.5. The zero-order valence-corrected chi connectivity index (χ0v) is 7.92. The number of carbonyl (C=O) groups excluding carboxylic acids is 1.